The van der Waals surface area contributed by atoms with Crippen LogP contribution in [0, 0.1) is 0 Å². The minimum absolute atomic E-state index is 0.187. The van der Waals surface area contributed by atoms with Gasteiger partial charge in [-0.3, -0.25) is 4.79 Å². The van der Waals surface area contributed by atoms with Gasteiger partial charge in [-0.1, -0.05) is 18.3 Å². The molecule has 0 unspecified atom stereocenters. The van der Waals surface area contributed by atoms with E-state index in [2.05, 4.69) is 9.88 Å². The topological polar surface area (TPSA) is 70.6 Å². The Balaban J connectivity index is 1.81. The number of rotatable bonds is 3. The number of nitrogens with zero attached hydrogens (tertiary/aromatic N) is 3. The summed E-state index contributed by atoms with van der Waals surface area (Å²) in [6.45, 7) is 4.80. The van der Waals surface area contributed by atoms with Crippen molar-refractivity contribution in [3.05, 3.63) is 18.2 Å². The van der Waals surface area contributed by atoms with Gasteiger partial charge >= 0.3 is 0 Å². The highest BCUT2D eigenvalue weighted by molar-refractivity contribution is 7.90. The summed E-state index contributed by atoms with van der Waals surface area (Å²) < 4.78 is 24.2. The second-order valence-electron chi connectivity index (χ2n) is 5.62. The molecule has 0 atom stereocenters. The number of fused-ring (bicyclic) bond motifs is 1. The second kappa shape index (κ2) is 6.09. The van der Waals surface area contributed by atoms with Gasteiger partial charge < -0.3 is 9.80 Å². The van der Waals surface area contributed by atoms with Crippen molar-refractivity contribution < 1.29 is 13.2 Å². The summed E-state index contributed by atoms with van der Waals surface area (Å²) in [6.07, 6.45) is 1.75. The number of hydrogen-bond donors (Lipinski definition) is 0. The molecular weight excluding hydrogens is 334 g/mol. The number of piperazine rings is 1. The summed E-state index contributed by atoms with van der Waals surface area (Å²) in [5.41, 5.74) is 0.810. The summed E-state index contributed by atoms with van der Waals surface area (Å²) in [4.78, 5) is 20.7. The smallest absolute Gasteiger partial charge is 0.222 e. The fourth-order valence-electron chi connectivity index (χ4n) is 2.63. The highest BCUT2D eigenvalue weighted by atomic mass is 32.2. The normalized spacial score (nSPS) is 16.1. The molecule has 1 amide bonds. The molecule has 1 aliphatic rings. The van der Waals surface area contributed by atoms with Crippen LogP contribution in [0.5, 0.6) is 0 Å². The number of hydrogen-bond acceptors (Lipinski definition) is 6. The van der Waals surface area contributed by atoms with Gasteiger partial charge in [-0.25, -0.2) is 13.4 Å². The zero-order valence-corrected chi connectivity index (χ0v) is 14.8. The number of sulfone groups is 1. The van der Waals surface area contributed by atoms with Crippen molar-refractivity contribution in [2.24, 2.45) is 0 Å². The lowest BCUT2D eigenvalue weighted by atomic mass is 10.3. The van der Waals surface area contributed by atoms with Crippen molar-refractivity contribution in [1.29, 1.82) is 0 Å². The van der Waals surface area contributed by atoms with E-state index in [4.69, 9.17) is 0 Å². The van der Waals surface area contributed by atoms with Crippen molar-refractivity contribution in [3.63, 3.8) is 0 Å². The van der Waals surface area contributed by atoms with Crippen molar-refractivity contribution in [2.75, 3.05) is 37.3 Å². The van der Waals surface area contributed by atoms with Crippen LogP contribution in [-0.2, 0) is 14.6 Å². The molecule has 6 nitrogen and oxygen atoms in total. The molecule has 1 aromatic heterocycles. The van der Waals surface area contributed by atoms with Crippen LogP contribution in [0.4, 0.5) is 5.13 Å². The van der Waals surface area contributed by atoms with Crippen LogP contribution in [0.2, 0.25) is 0 Å². The standard InChI is InChI=1S/C15H19N3O3S2/c1-3-14(19)17-6-8-18(9-7-17)15-16-12-5-4-11(23(2,20)21)10-13(12)22-15/h4-5,10H,3,6-9H2,1-2H3. The zero-order valence-electron chi connectivity index (χ0n) is 13.2. The van der Waals surface area contributed by atoms with E-state index < -0.39 is 9.84 Å². The van der Waals surface area contributed by atoms with Gasteiger partial charge in [0.2, 0.25) is 5.91 Å². The highest BCUT2D eigenvalue weighted by Gasteiger charge is 2.22. The van der Waals surface area contributed by atoms with Crippen LogP contribution in [-0.4, -0.2) is 56.6 Å². The van der Waals surface area contributed by atoms with Crippen LogP contribution in [0.1, 0.15) is 13.3 Å². The lowest BCUT2D eigenvalue weighted by molar-refractivity contribution is -0.131. The summed E-state index contributed by atoms with van der Waals surface area (Å²) in [5, 5.41) is 0.884. The van der Waals surface area contributed by atoms with E-state index in [9.17, 15) is 13.2 Å². The summed E-state index contributed by atoms with van der Waals surface area (Å²) in [5.74, 6) is 0.187. The number of carbonyl (C=O) groups is 1. The molecule has 0 bridgehead atoms. The summed E-state index contributed by atoms with van der Waals surface area (Å²) >= 11 is 1.50. The van der Waals surface area contributed by atoms with E-state index >= 15 is 0 Å². The SMILES string of the molecule is CCC(=O)N1CCN(c2nc3ccc(S(C)(=O)=O)cc3s2)CC1. The number of benzene rings is 1. The Labute approximate surface area is 139 Å². The third kappa shape index (κ3) is 3.32. The summed E-state index contributed by atoms with van der Waals surface area (Å²) in [7, 11) is -3.21. The van der Waals surface area contributed by atoms with E-state index in [-0.39, 0.29) is 5.91 Å². The van der Waals surface area contributed by atoms with Crippen molar-refractivity contribution in [2.45, 2.75) is 18.2 Å². The quantitative estimate of drug-likeness (QED) is 0.841. The average molecular weight is 353 g/mol. The molecule has 23 heavy (non-hydrogen) atoms. The number of thiazole rings is 1. The third-order valence-corrected chi connectivity index (χ3v) is 6.17. The molecule has 124 valence electrons. The van der Waals surface area contributed by atoms with Crippen molar-refractivity contribution in [1.82, 2.24) is 9.88 Å². The number of amides is 1. The van der Waals surface area contributed by atoms with E-state index in [1.165, 1.54) is 17.6 Å². The van der Waals surface area contributed by atoms with Gasteiger partial charge in [-0.2, -0.15) is 0 Å². The molecule has 8 heteroatoms. The molecule has 0 saturated carbocycles. The Morgan fingerprint density at radius 2 is 1.96 bits per heavy atom. The molecule has 0 spiro atoms. The molecule has 1 aliphatic heterocycles. The minimum atomic E-state index is -3.21. The lowest BCUT2D eigenvalue weighted by Crippen LogP contribution is -2.48. The molecule has 0 aliphatic carbocycles. The molecule has 1 saturated heterocycles. The van der Waals surface area contributed by atoms with Gasteiger partial charge in [0.1, 0.15) is 0 Å². The van der Waals surface area contributed by atoms with Gasteiger partial charge in [0.25, 0.3) is 0 Å². The Bertz CT molecular complexity index is 837. The maximum atomic E-state index is 11.7. The molecular formula is C15H19N3O3S2. The van der Waals surface area contributed by atoms with E-state index in [0.717, 1.165) is 28.4 Å². The Morgan fingerprint density at radius 1 is 1.26 bits per heavy atom. The number of carbonyl (C=O) groups excluding carboxylic acids is 1. The number of anilines is 1. The first-order valence-corrected chi connectivity index (χ1v) is 10.2. The van der Waals surface area contributed by atoms with Gasteiger partial charge in [0, 0.05) is 38.9 Å². The monoisotopic (exact) mass is 353 g/mol. The van der Waals surface area contributed by atoms with Gasteiger partial charge in [0.05, 0.1) is 15.1 Å². The Hall–Kier alpha value is -1.67. The van der Waals surface area contributed by atoms with Crippen molar-refractivity contribution >= 4 is 42.4 Å². The lowest BCUT2D eigenvalue weighted by Gasteiger charge is -2.34. The maximum Gasteiger partial charge on any atom is 0.222 e. The third-order valence-electron chi connectivity index (χ3n) is 3.98. The van der Waals surface area contributed by atoms with Gasteiger partial charge in [0.15, 0.2) is 15.0 Å². The first-order valence-electron chi connectivity index (χ1n) is 7.52. The first-order chi connectivity index (χ1) is 10.9. The van der Waals surface area contributed by atoms with Gasteiger partial charge in [-0.05, 0) is 18.2 Å². The predicted octanol–water partition coefficient (Wildman–Crippen LogP) is 1.76. The van der Waals surface area contributed by atoms with Gasteiger partial charge in [-0.15, -0.1) is 0 Å². The Kier molecular flexibility index (Phi) is 4.29. The first kappa shape index (κ1) is 16.2. The molecule has 0 radical (unpaired) electrons. The van der Waals surface area contributed by atoms with Crippen LogP contribution in [0.3, 0.4) is 0 Å². The maximum absolute atomic E-state index is 11.7. The van der Waals surface area contributed by atoms with E-state index in [0.29, 0.717) is 24.4 Å². The molecule has 1 fully saturated rings. The largest absolute Gasteiger partial charge is 0.345 e. The van der Waals surface area contributed by atoms with E-state index in [1.807, 2.05) is 11.8 Å². The minimum Gasteiger partial charge on any atom is -0.345 e. The number of aromatic nitrogens is 1. The van der Waals surface area contributed by atoms with Crippen LogP contribution in [0.15, 0.2) is 23.1 Å². The second-order valence-corrected chi connectivity index (χ2v) is 8.64. The molecule has 2 aromatic rings. The zero-order chi connectivity index (χ0) is 16.6. The average Bonchev–Trinajstić information content (AvgIpc) is 2.96. The molecule has 0 N–H and O–H groups in total. The Morgan fingerprint density at radius 3 is 2.57 bits per heavy atom. The molecule has 2 heterocycles. The fourth-order valence-corrected chi connectivity index (χ4v) is 4.41. The van der Waals surface area contributed by atoms with E-state index in [1.54, 1.807) is 18.2 Å². The van der Waals surface area contributed by atoms with Crippen LogP contribution < -0.4 is 4.90 Å². The fraction of sp³-hybridized carbons (Fsp3) is 0.467. The van der Waals surface area contributed by atoms with Crippen molar-refractivity contribution in [3.8, 4) is 0 Å². The van der Waals surface area contributed by atoms with Crippen LogP contribution in [0.25, 0.3) is 10.2 Å². The predicted molar refractivity (Wildman–Crippen MR) is 91.8 cm³/mol. The summed E-state index contributed by atoms with van der Waals surface area (Å²) in [6, 6.07) is 5.03. The molecule has 1 aromatic carbocycles. The molecule has 3 rings (SSSR count). The van der Waals surface area contributed by atoms with Crippen LogP contribution >= 0.6 is 11.3 Å². The highest BCUT2D eigenvalue weighted by Crippen LogP contribution is 2.31.